The summed E-state index contributed by atoms with van der Waals surface area (Å²) in [6.45, 7) is 0. The van der Waals surface area contributed by atoms with Crippen molar-refractivity contribution in [3.63, 3.8) is 0 Å². The topological polar surface area (TPSA) is 94.5 Å². The van der Waals surface area contributed by atoms with Crippen LogP contribution in [0.25, 0.3) is 0 Å². The first-order chi connectivity index (χ1) is 0. The zero-order valence-corrected chi connectivity index (χ0v) is 2.87. The fourth-order valence-corrected chi connectivity index (χ4v) is 0. The Labute approximate surface area is 67.9 Å². The molecule has 0 saturated carbocycles. The summed E-state index contributed by atoms with van der Waals surface area (Å²) in [6.07, 6.45) is 0. The third kappa shape index (κ3) is 51.3. The Morgan fingerprint density at radius 3 is 0.500 bits per heavy atom. The van der Waals surface area contributed by atoms with Crippen LogP contribution in [0.3, 0.4) is 0 Å². The van der Waals surface area contributed by atoms with E-state index in [1.165, 1.54) is 0 Å². The van der Waals surface area contributed by atoms with Gasteiger partial charge in [-0.2, -0.15) is 0 Å². The van der Waals surface area contributed by atoms with Gasteiger partial charge in [-0.1, -0.05) is 0 Å². The number of hydrogen-bond donors (Lipinski definition) is 0. The molecule has 0 aliphatic rings. The standard InChI is InChI=1S/2Al.Co.3H2O.6H/h;;;3*1H2;;;;;;. The van der Waals surface area contributed by atoms with Crippen LogP contribution in [0.5, 0.6) is 0 Å². The summed E-state index contributed by atoms with van der Waals surface area (Å²) in [5.74, 6) is 0. The zero-order chi connectivity index (χ0) is 0. The van der Waals surface area contributed by atoms with E-state index in [0.717, 1.165) is 0 Å². The van der Waals surface area contributed by atoms with Crippen molar-refractivity contribution in [3.05, 3.63) is 0 Å². The summed E-state index contributed by atoms with van der Waals surface area (Å²) < 4.78 is 0. The van der Waals surface area contributed by atoms with Crippen molar-refractivity contribution < 1.29 is 33.2 Å². The number of rotatable bonds is 0. The van der Waals surface area contributed by atoms with Gasteiger partial charge in [0.2, 0.25) is 0 Å². The van der Waals surface area contributed by atoms with E-state index >= 15 is 0 Å². The normalized spacial score (nSPS) is 0. The van der Waals surface area contributed by atoms with Crippen LogP contribution in [0.2, 0.25) is 0 Å². The Balaban J connectivity index is 0. The van der Waals surface area contributed by atoms with Gasteiger partial charge >= 0.3 is 0 Å². The maximum Gasteiger partial charge on any atom is 0.187 e. The summed E-state index contributed by atoms with van der Waals surface area (Å²) >= 11 is 0. The van der Waals surface area contributed by atoms with E-state index in [1.807, 2.05) is 0 Å². The average molecular weight is 173 g/mol. The summed E-state index contributed by atoms with van der Waals surface area (Å²) in [6, 6.07) is 0. The van der Waals surface area contributed by atoms with Crippen LogP contribution in [0.1, 0.15) is 0 Å². The second kappa shape index (κ2) is 91.0. The van der Waals surface area contributed by atoms with E-state index in [9.17, 15) is 0 Å². The third-order valence-electron chi connectivity index (χ3n) is 0. The van der Waals surface area contributed by atoms with E-state index < -0.39 is 0 Å². The largest absolute Gasteiger partial charge is 0.412 e. The molecule has 0 spiro atoms. The molecule has 0 unspecified atom stereocenters. The summed E-state index contributed by atoms with van der Waals surface area (Å²) in [5.41, 5.74) is 0. The van der Waals surface area contributed by atoms with Gasteiger partial charge in [0.05, 0.1) is 0 Å². The molecule has 0 bridgehead atoms. The summed E-state index contributed by atoms with van der Waals surface area (Å²) in [5, 5.41) is 0. The van der Waals surface area contributed by atoms with E-state index in [2.05, 4.69) is 0 Å². The fraction of sp³-hybridized carbons (Fsp3) is 0. The first-order valence-corrected chi connectivity index (χ1v) is 0. The van der Waals surface area contributed by atoms with Crippen LogP contribution < -0.4 is 0 Å². The van der Waals surface area contributed by atoms with Gasteiger partial charge < -0.3 is 16.4 Å². The number of hydrogen-bond acceptors (Lipinski definition) is 0. The van der Waals surface area contributed by atoms with E-state index in [-0.39, 0.29) is 67.9 Å². The molecule has 1 radical (unpaired) electrons. The minimum atomic E-state index is 0. The Morgan fingerprint density at radius 1 is 0.500 bits per heavy atom. The van der Waals surface area contributed by atoms with Crippen molar-refractivity contribution in [3.8, 4) is 0 Å². The van der Waals surface area contributed by atoms with Crippen LogP contribution in [0.15, 0.2) is 0 Å². The average Bonchev–Trinajstić information content (AvgIpc) is 0. The zero-order valence-electron chi connectivity index (χ0n) is 1.83. The predicted octanol–water partition coefficient (Wildman–Crippen LogP) is -4.84. The molecule has 0 fully saturated rings. The van der Waals surface area contributed by atoms with Gasteiger partial charge in [0.15, 0.2) is 34.7 Å². The summed E-state index contributed by atoms with van der Waals surface area (Å²) in [7, 11) is 0. The molecule has 0 aromatic rings. The smallest absolute Gasteiger partial charge is 0.187 e. The van der Waals surface area contributed by atoms with Crippen LogP contribution in [-0.2, 0) is 16.8 Å². The van der Waals surface area contributed by atoms with Gasteiger partial charge in [0.25, 0.3) is 0 Å². The maximum atomic E-state index is 0. The quantitative estimate of drug-likeness (QED) is 0.328. The van der Waals surface area contributed by atoms with E-state index in [1.54, 1.807) is 0 Å². The van der Waals surface area contributed by atoms with Gasteiger partial charge in [-0.05, 0) is 0 Å². The Morgan fingerprint density at radius 2 is 0.500 bits per heavy atom. The molecule has 0 amide bonds. The second-order valence-electron chi connectivity index (χ2n) is 0. The molecule has 0 aliphatic carbocycles. The van der Waals surface area contributed by atoms with Crippen molar-refractivity contribution in [2.45, 2.75) is 0 Å². The van der Waals surface area contributed by atoms with E-state index in [0.29, 0.717) is 0 Å². The van der Waals surface area contributed by atoms with Crippen LogP contribution >= 0.6 is 0 Å². The van der Waals surface area contributed by atoms with Crippen molar-refractivity contribution in [1.29, 1.82) is 0 Å². The van der Waals surface area contributed by atoms with E-state index in [4.69, 9.17) is 0 Å². The molecular formula is H12Al2CoO3. The molecule has 0 rings (SSSR count). The van der Waals surface area contributed by atoms with Gasteiger partial charge in [-0.3, -0.25) is 0 Å². The Kier molecular flexibility index (Phi) is 2230. The van der Waals surface area contributed by atoms with Crippen molar-refractivity contribution in [1.82, 2.24) is 0 Å². The van der Waals surface area contributed by atoms with Gasteiger partial charge in [-0.15, -0.1) is 0 Å². The maximum absolute atomic E-state index is 0. The molecule has 45 valence electrons. The molecule has 0 aromatic carbocycles. The molecule has 6 N–H and O–H groups in total. The van der Waals surface area contributed by atoms with Crippen molar-refractivity contribution in [2.24, 2.45) is 0 Å². The molecule has 0 atom stereocenters. The van der Waals surface area contributed by atoms with Crippen LogP contribution in [0.4, 0.5) is 0 Å². The first kappa shape index (κ1) is 147. The molecule has 0 saturated heterocycles. The first-order valence-electron chi connectivity index (χ1n) is 0. The fourth-order valence-electron chi connectivity index (χ4n) is 0. The van der Waals surface area contributed by atoms with Crippen LogP contribution in [0, 0.1) is 0 Å². The van der Waals surface area contributed by atoms with Gasteiger partial charge in [0.1, 0.15) is 0 Å². The molecule has 6 heavy (non-hydrogen) atoms. The van der Waals surface area contributed by atoms with Gasteiger partial charge in [0, 0.05) is 16.8 Å². The second-order valence-corrected chi connectivity index (χ2v) is 0. The SMILES string of the molecule is O.O.O.[AlH3].[AlH3].[Co]. The molecule has 0 heterocycles. The predicted molar refractivity (Wildman–Crippen MR) is 30.7 cm³/mol. The Hall–Kier alpha value is 1.45. The van der Waals surface area contributed by atoms with Gasteiger partial charge in [-0.25, -0.2) is 0 Å². The van der Waals surface area contributed by atoms with Crippen molar-refractivity contribution in [2.75, 3.05) is 0 Å². The molecule has 6 heteroatoms. The summed E-state index contributed by atoms with van der Waals surface area (Å²) in [4.78, 5) is 0. The molecular weight excluding hydrogens is 161 g/mol. The Bertz CT molecular complexity index is 8.75. The monoisotopic (exact) mass is 173 g/mol. The minimum absolute atomic E-state index is 0. The minimum Gasteiger partial charge on any atom is -0.412 e. The third-order valence-corrected chi connectivity index (χ3v) is 0. The molecule has 0 aliphatic heterocycles. The molecule has 3 nitrogen and oxygen atoms in total. The van der Waals surface area contributed by atoms with Crippen LogP contribution in [-0.4, -0.2) is 51.2 Å². The molecule has 0 aromatic heterocycles. The van der Waals surface area contributed by atoms with Crippen molar-refractivity contribution >= 4 is 34.7 Å².